The summed E-state index contributed by atoms with van der Waals surface area (Å²) in [5.74, 6) is 0. The summed E-state index contributed by atoms with van der Waals surface area (Å²) in [5, 5.41) is 4.91. The highest BCUT2D eigenvalue weighted by molar-refractivity contribution is 7.26. The van der Waals surface area contributed by atoms with Gasteiger partial charge in [-0.25, -0.2) is 0 Å². The molecule has 0 saturated carbocycles. The lowest BCUT2D eigenvalue weighted by Crippen LogP contribution is -2.13. The summed E-state index contributed by atoms with van der Waals surface area (Å²) in [6.45, 7) is 0. The van der Waals surface area contributed by atoms with E-state index in [9.17, 15) is 0 Å². The van der Waals surface area contributed by atoms with Gasteiger partial charge in [0.05, 0.1) is 11.4 Å². The van der Waals surface area contributed by atoms with Gasteiger partial charge in [0, 0.05) is 97.2 Å². The molecule has 0 saturated heterocycles. The molecular formula is C66H46N4S2. The fraction of sp³-hybridized carbons (Fsp3) is 0. The summed E-state index contributed by atoms with van der Waals surface area (Å²) >= 11 is 3.69. The molecule has 0 aliphatic rings. The highest BCUT2D eigenvalue weighted by Crippen LogP contribution is 2.50. The van der Waals surface area contributed by atoms with Crippen molar-refractivity contribution in [3.05, 3.63) is 279 Å². The van der Waals surface area contributed by atoms with Crippen molar-refractivity contribution in [3.63, 3.8) is 0 Å². The van der Waals surface area contributed by atoms with Gasteiger partial charge in [-0.05, 0) is 152 Å². The zero-order valence-electron chi connectivity index (χ0n) is 39.2. The van der Waals surface area contributed by atoms with Gasteiger partial charge in [0.15, 0.2) is 0 Å². The molecule has 11 aromatic carbocycles. The van der Waals surface area contributed by atoms with E-state index in [4.69, 9.17) is 0 Å². The van der Waals surface area contributed by atoms with Crippen molar-refractivity contribution in [2.45, 2.75) is 0 Å². The molecule has 4 nitrogen and oxygen atoms in total. The molecule has 0 N–H and O–H groups in total. The maximum absolute atomic E-state index is 2.40. The maximum Gasteiger partial charge on any atom is 0.0554 e. The first kappa shape index (κ1) is 43.1. The van der Waals surface area contributed by atoms with Crippen LogP contribution in [0.3, 0.4) is 0 Å². The molecule has 0 aliphatic carbocycles. The molecule has 0 bridgehead atoms. The maximum atomic E-state index is 2.40. The minimum absolute atomic E-state index is 1.06. The van der Waals surface area contributed by atoms with Crippen LogP contribution in [0.25, 0.3) is 40.3 Å². The Hall–Kier alpha value is -8.94. The van der Waals surface area contributed by atoms with Gasteiger partial charge in [0.2, 0.25) is 0 Å². The molecule has 0 unspecified atom stereocenters. The summed E-state index contributed by atoms with van der Waals surface area (Å²) in [6.07, 6.45) is 0. The van der Waals surface area contributed by atoms with Gasteiger partial charge in [0.1, 0.15) is 0 Å². The second-order valence-electron chi connectivity index (χ2n) is 17.7. The second-order valence-corrected chi connectivity index (χ2v) is 19.9. The highest BCUT2D eigenvalue weighted by Gasteiger charge is 2.23. The van der Waals surface area contributed by atoms with Gasteiger partial charge in [-0.2, -0.15) is 0 Å². The summed E-state index contributed by atoms with van der Waals surface area (Å²) < 4.78 is 4.99. The Kier molecular flexibility index (Phi) is 11.2. The number of hydrogen-bond donors (Lipinski definition) is 0. The average molecular weight is 959 g/mol. The van der Waals surface area contributed by atoms with Crippen LogP contribution in [0.1, 0.15) is 0 Å². The van der Waals surface area contributed by atoms with Gasteiger partial charge in [-0.1, -0.05) is 127 Å². The Morgan fingerprint density at radius 3 is 0.806 bits per heavy atom. The number of rotatable bonds is 12. The number of nitrogens with zero attached hydrogens (tertiary/aromatic N) is 4. The minimum atomic E-state index is 1.06. The van der Waals surface area contributed by atoms with Gasteiger partial charge >= 0.3 is 0 Å². The Morgan fingerprint density at radius 1 is 0.194 bits per heavy atom. The van der Waals surface area contributed by atoms with Crippen molar-refractivity contribution in [1.29, 1.82) is 0 Å². The quantitative estimate of drug-likeness (QED) is 0.121. The van der Waals surface area contributed by atoms with E-state index in [1.165, 1.54) is 40.3 Å². The minimum Gasteiger partial charge on any atom is -0.310 e. The van der Waals surface area contributed by atoms with Crippen molar-refractivity contribution in [3.8, 4) is 0 Å². The number of benzene rings is 11. The van der Waals surface area contributed by atoms with Crippen LogP contribution in [-0.4, -0.2) is 0 Å². The van der Waals surface area contributed by atoms with Crippen LogP contribution in [0, 0.1) is 0 Å². The van der Waals surface area contributed by atoms with Gasteiger partial charge in [0.25, 0.3) is 0 Å². The monoisotopic (exact) mass is 958 g/mol. The van der Waals surface area contributed by atoms with Crippen molar-refractivity contribution in [2.24, 2.45) is 0 Å². The molecule has 0 spiro atoms. The van der Waals surface area contributed by atoms with Crippen molar-refractivity contribution in [1.82, 2.24) is 0 Å². The number of hydrogen-bond acceptors (Lipinski definition) is 6. The standard InChI is InChI=1S/C66H46N4S2/c1-7-22-47(23-8-1)67(55-40-42-61-57(45-55)65-59(36-20-38-63(65)71-61)69(49-26-11-3-12-27-49)50-28-13-4-14-29-50)53-34-19-35-54(44-53)68(48-24-9-2-10-25-48)56-41-43-62-58(46-56)66-60(37-21-39-64(66)72-62)70(51-30-15-5-16-31-51)52-32-17-6-18-33-52/h1-46H. The van der Waals surface area contributed by atoms with Crippen molar-refractivity contribution < 1.29 is 0 Å². The molecule has 2 aromatic heterocycles. The first-order chi connectivity index (χ1) is 35.7. The topological polar surface area (TPSA) is 13.0 Å². The van der Waals surface area contributed by atoms with Crippen LogP contribution in [0.5, 0.6) is 0 Å². The highest BCUT2D eigenvalue weighted by atomic mass is 32.1. The number of anilines is 12. The van der Waals surface area contributed by atoms with E-state index in [2.05, 4.69) is 299 Å². The lowest BCUT2D eigenvalue weighted by atomic mass is 10.1. The Labute approximate surface area is 427 Å². The van der Waals surface area contributed by atoms with E-state index in [0.717, 1.165) is 68.2 Å². The largest absolute Gasteiger partial charge is 0.310 e. The van der Waals surface area contributed by atoms with Gasteiger partial charge < -0.3 is 19.6 Å². The molecule has 0 aliphatic heterocycles. The van der Waals surface area contributed by atoms with Gasteiger partial charge in [-0.15, -0.1) is 22.7 Å². The van der Waals surface area contributed by atoms with E-state index in [-0.39, 0.29) is 0 Å². The van der Waals surface area contributed by atoms with E-state index in [1.54, 1.807) is 0 Å². The number of fused-ring (bicyclic) bond motifs is 6. The predicted octanol–water partition coefficient (Wildman–Crippen LogP) is 20.3. The van der Waals surface area contributed by atoms with Crippen LogP contribution in [-0.2, 0) is 0 Å². The van der Waals surface area contributed by atoms with E-state index in [0.29, 0.717) is 0 Å². The van der Waals surface area contributed by atoms with E-state index in [1.807, 2.05) is 22.7 Å². The molecule has 0 radical (unpaired) electrons. The number of thiophene rings is 2. The van der Waals surface area contributed by atoms with Crippen LogP contribution < -0.4 is 19.6 Å². The lowest BCUT2D eigenvalue weighted by molar-refractivity contribution is 1.25. The molecule has 0 fully saturated rings. The zero-order chi connectivity index (χ0) is 47.8. The Morgan fingerprint density at radius 2 is 0.472 bits per heavy atom. The van der Waals surface area contributed by atoms with Crippen LogP contribution in [0.15, 0.2) is 279 Å². The Balaban J connectivity index is 0.966. The molecule has 0 amide bonds. The first-order valence-electron chi connectivity index (χ1n) is 24.2. The van der Waals surface area contributed by atoms with E-state index >= 15 is 0 Å². The molecule has 6 heteroatoms. The van der Waals surface area contributed by atoms with Crippen LogP contribution >= 0.6 is 22.7 Å². The van der Waals surface area contributed by atoms with Crippen molar-refractivity contribution in [2.75, 3.05) is 19.6 Å². The van der Waals surface area contributed by atoms with Crippen LogP contribution in [0.4, 0.5) is 68.2 Å². The molecule has 13 aromatic rings. The van der Waals surface area contributed by atoms with Crippen LogP contribution in [0.2, 0.25) is 0 Å². The fourth-order valence-electron chi connectivity index (χ4n) is 10.2. The van der Waals surface area contributed by atoms with E-state index < -0.39 is 0 Å². The molecule has 342 valence electrons. The fourth-order valence-corrected chi connectivity index (χ4v) is 12.4. The molecule has 72 heavy (non-hydrogen) atoms. The molecule has 0 atom stereocenters. The van der Waals surface area contributed by atoms with Crippen molar-refractivity contribution >= 4 is 131 Å². The first-order valence-corrected chi connectivity index (χ1v) is 25.9. The third-order valence-electron chi connectivity index (χ3n) is 13.3. The Bertz CT molecular complexity index is 3650. The molecule has 13 rings (SSSR count). The summed E-state index contributed by atoms with van der Waals surface area (Å²) in [6, 6.07) is 101. The molecule has 2 heterocycles. The van der Waals surface area contributed by atoms with Gasteiger partial charge in [-0.3, -0.25) is 0 Å². The normalized spacial score (nSPS) is 11.3. The summed E-state index contributed by atoms with van der Waals surface area (Å²) in [4.78, 5) is 9.57. The molecular weight excluding hydrogens is 913 g/mol. The predicted molar refractivity (Wildman–Crippen MR) is 311 cm³/mol. The second kappa shape index (κ2) is 18.8. The lowest BCUT2D eigenvalue weighted by Gasteiger charge is -2.29. The SMILES string of the molecule is c1ccc(N(c2cccc(N(c3ccccc3)c3ccc4sc5cccc(N(c6ccccc6)c6ccccc6)c5c4c3)c2)c2ccc3sc4cccc(N(c5ccccc5)c5ccccc5)c4c3c2)cc1. The number of para-hydroxylation sites is 6. The zero-order valence-corrected chi connectivity index (χ0v) is 40.8. The third-order valence-corrected chi connectivity index (χ3v) is 15.6. The summed E-state index contributed by atoms with van der Waals surface area (Å²) in [5.41, 5.74) is 13.2. The smallest absolute Gasteiger partial charge is 0.0554 e. The average Bonchev–Trinajstić information content (AvgIpc) is 4.02. The summed E-state index contributed by atoms with van der Waals surface area (Å²) in [7, 11) is 0. The third kappa shape index (κ3) is 7.89.